The van der Waals surface area contributed by atoms with Gasteiger partial charge in [0.2, 0.25) is 0 Å². The largest absolute Gasteiger partial charge is 0.464 e. The number of halogens is 1. The van der Waals surface area contributed by atoms with Gasteiger partial charge in [-0.1, -0.05) is 5.16 Å². The van der Waals surface area contributed by atoms with E-state index in [0.717, 1.165) is 5.76 Å². The first-order chi connectivity index (χ1) is 13.4. The minimum atomic E-state index is -0.346. The molecule has 0 aliphatic carbocycles. The van der Waals surface area contributed by atoms with Crippen LogP contribution < -0.4 is 5.32 Å². The number of fused-ring (bicyclic) bond motifs is 1. The van der Waals surface area contributed by atoms with Gasteiger partial charge in [0.15, 0.2) is 0 Å². The van der Waals surface area contributed by atoms with Crippen molar-refractivity contribution in [3.05, 3.63) is 71.1 Å². The molecule has 3 aromatic heterocycles. The van der Waals surface area contributed by atoms with E-state index in [2.05, 4.69) is 15.5 Å². The van der Waals surface area contributed by atoms with Gasteiger partial charge in [-0.15, -0.1) is 0 Å². The van der Waals surface area contributed by atoms with E-state index in [-0.39, 0.29) is 23.5 Å². The summed E-state index contributed by atoms with van der Waals surface area (Å²) in [6.45, 7) is 5.44. The summed E-state index contributed by atoms with van der Waals surface area (Å²) in [6, 6.07) is 10.9. The molecule has 0 saturated heterocycles. The van der Waals surface area contributed by atoms with Crippen molar-refractivity contribution in [2.24, 2.45) is 0 Å². The summed E-state index contributed by atoms with van der Waals surface area (Å²) in [5, 5.41) is 7.41. The van der Waals surface area contributed by atoms with Gasteiger partial charge in [-0.05, 0) is 63.2 Å². The summed E-state index contributed by atoms with van der Waals surface area (Å²) >= 11 is 0. The van der Waals surface area contributed by atoms with Gasteiger partial charge in [0.05, 0.1) is 28.4 Å². The normalized spacial score (nSPS) is 12.3. The van der Waals surface area contributed by atoms with E-state index < -0.39 is 0 Å². The molecule has 7 heteroatoms. The lowest BCUT2D eigenvalue weighted by atomic mass is 10.0. The lowest BCUT2D eigenvalue weighted by Gasteiger charge is -2.13. The SMILES string of the molecule is Cc1ccc(C(C)NC(=O)c2cc(-c3ccc(F)cc3)nc3onc(C)c23)o1. The Morgan fingerprint density at radius 3 is 2.57 bits per heavy atom. The molecule has 1 amide bonds. The zero-order valence-corrected chi connectivity index (χ0v) is 15.6. The average Bonchev–Trinajstić information content (AvgIpc) is 3.28. The topological polar surface area (TPSA) is 81.2 Å². The lowest BCUT2D eigenvalue weighted by Crippen LogP contribution is -2.26. The van der Waals surface area contributed by atoms with Gasteiger partial charge in [-0.2, -0.15) is 0 Å². The minimum absolute atomic E-state index is 0.256. The number of hydrogen-bond acceptors (Lipinski definition) is 5. The van der Waals surface area contributed by atoms with Crippen LogP contribution in [0.15, 0.2) is 51.4 Å². The Hall–Kier alpha value is -3.48. The van der Waals surface area contributed by atoms with Crippen LogP contribution in [0.5, 0.6) is 0 Å². The van der Waals surface area contributed by atoms with Gasteiger partial charge in [0.1, 0.15) is 17.3 Å². The molecule has 4 rings (SSSR count). The maximum atomic E-state index is 13.3. The number of aromatic nitrogens is 2. The molecule has 1 aromatic carbocycles. The molecular formula is C21H18FN3O3. The van der Waals surface area contributed by atoms with Crippen molar-refractivity contribution in [2.45, 2.75) is 26.8 Å². The van der Waals surface area contributed by atoms with Crippen LogP contribution in [0.2, 0.25) is 0 Å². The zero-order valence-electron chi connectivity index (χ0n) is 15.6. The predicted molar refractivity (Wildman–Crippen MR) is 101 cm³/mol. The number of hydrogen-bond donors (Lipinski definition) is 1. The fourth-order valence-electron chi connectivity index (χ4n) is 3.07. The Labute approximate surface area is 160 Å². The van der Waals surface area contributed by atoms with E-state index in [0.29, 0.717) is 33.7 Å². The molecule has 1 N–H and O–H groups in total. The smallest absolute Gasteiger partial charge is 0.259 e. The van der Waals surface area contributed by atoms with E-state index in [1.807, 2.05) is 26.0 Å². The Bertz CT molecular complexity index is 1160. The molecule has 0 aliphatic rings. The first-order valence-corrected chi connectivity index (χ1v) is 8.82. The molecule has 142 valence electrons. The van der Waals surface area contributed by atoms with Crippen molar-refractivity contribution in [1.82, 2.24) is 15.5 Å². The van der Waals surface area contributed by atoms with E-state index in [1.165, 1.54) is 12.1 Å². The highest BCUT2D eigenvalue weighted by molar-refractivity contribution is 6.07. The zero-order chi connectivity index (χ0) is 19.8. The Morgan fingerprint density at radius 2 is 1.89 bits per heavy atom. The Kier molecular flexibility index (Phi) is 4.43. The second-order valence-electron chi connectivity index (χ2n) is 6.65. The molecule has 0 fully saturated rings. The molecule has 0 radical (unpaired) electrons. The summed E-state index contributed by atoms with van der Waals surface area (Å²) in [4.78, 5) is 17.5. The van der Waals surface area contributed by atoms with Gasteiger partial charge < -0.3 is 14.3 Å². The number of carbonyl (C=O) groups excluding carboxylic acids is 1. The quantitative estimate of drug-likeness (QED) is 0.554. The molecule has 0 spiro atoms. The monoisotopic (exact) mass is 379 g/mol. The number of aryl methyl sites for hydroxylation is 2. The number of nitrogens with zero attached hydrogens (tertiary/aromatic N) is 2. The maximum absolute atomic E-state index is 13.3. The third-order valence-corrected chi connectivity index (χ3v) is 4.54. The summed E-state index contributed by atoms with van der Waals surface area (Å²) in [5.74, 6) is 0.789. The Morgan fingerprint density at radius 1 is 1.14 bits per heavy atom. The van der Waals surface area contributed by atoms with Crippen molar-refractivity contribution >= 4 is 17.0 Å². The van der Waals surface area contributed by atoms with Crippen molar-refractivity contribution < 1.29 is 18.1 Å². The highest BCUT2D eigenvalue weighted by atomic mass is 19.1. The molecular weight excluding hydrogens is 361 g/mol. The molecule has 1 unspecified atom stereocenters. The first kappa shape index (κ1) is 17.9. The fourth-order valence-corrected chi connectivity index (χ4v) is 3.07. The average molecular weight is 379 g/mol. The summed E-state index contributed by atoms with van der Waals surface area (Å²) in [5.41, 5.74) is 2.38. The maximum Gasteiger partial charge on any atom is 0.259 e. The third kappa shape index (κ3) is 3.26. The fraction of sp³-hybridized carbons (Fsp3) is 0.190. The van der Waals surface area contributed by atoms with E-state index >= 15 is 0 Å². The van der Waals surface area contributed by atoms with Crippen LogP contribution in [0.25, 0.3) is 22.4 Å². The van der Waals surface area contributed by atoms with Crippen molar-refractivity contribution in [3.8, 4) is 11.3 Å². The Balaban J connectivity index is 1.75. The van der Waals surface area contributed by atoms with Gasteiger partial charge in [0.25, 0.3) is 11.6 Å². The standard InChI is InChI=1S/C21H18FN3O3/c1-11-4-9-18(27-11)12(2)23-20(26)16-10-17(14-5-7-15(22)8-6-14)24-21-19(16)13(3)25-28-21/h4-10,12H,1-3H3,(H,23,26). The first-order valence-electron chi connectivity index (χ1n) is 8.82. The van der Waals surface area contributed by atoms with Crippen molar-refractivity contribution in [1.29, 1.82) is 0 Å². The number of pyridine rings is 1. The highest BCUT2D eigenvalue weighted by Crippen LogP contribution is 2.28. The molecule has 0 aliphatic heterocycles. The molecule has 0 bridgehead atoms. The number of carbonyl (C=O) groups is 1. The van der Waals surface area contributed by atoms with Crippen LogP contribution in [0, 0.1) is 19.7 Å². The van der Waals surface area contributed by atoms with Crippen LogP contribution in [-0.4, -0.2) is 16.0 Å². The number of benzene rings is 1. The molecule has 4 aromatic rings. The van der Waals surface area contributed by atoms with E-state index in [9.17, 15) is 9.18 Å². The lowest BCUT2D eigenvalue weighted by molar-refractivity contribution is 0.0936. The number of rotatable bonds is 4. The second kappa shape index (κ2) is 6.92. The van der Waals surface area contributed by atoms with Gasteiger partial charge in [-0.3, -0.25) is 4.79 Å². The minimum Gasteiger partial charge on any atom is -0.464 e. The van der Waals surface area contributed by atoms with Crippen molar-refractivity contribution in [2.75, 3.05) is 0 Å². The van der Waals surface area contributed by atoms with Gasteiger partial charge in [0, 0.05) is 5.56 Å². The van der Waals surface area contributed by atoms with Crippen LogP contribution >= 0.6 is 0 Å². The van der Waals surface area contributed by atoms with Gasteiger partial charge in [-0.25, -0.2) is 9.37 Å². The van der Waals surface area contributed by atoms with Crippen LogP contribution in [-0.2, 0) is 0 Å². The second-order valence-corrected chi connectivity index (χ2v) is 6.65. The third-order valence-electron chi connectivity index (χ3n) is 4.54. The molecule has 3 heterocycles. The number of furan rings is 1. The van der Waals surface area contributed by atoms with Crippen molar-refractivity contribution in [3.63, 3.8) is 0 Å². The highest BCUT2D eigenvalue weighted by Gasteiger charge is 2.21. The van der Waals surface area contributed by atoms with Crippen LogP contribution in [0.1, 0.15) is 40.5 Å². The van der Waals surface area contributed by atoms with E-state index in [1.54, 1.807) is 25.1 Å². The summed E-state index contributed by atoms with van der Waals surface area (Å²) in [6.07, 6.45) is 0. The number of amides is 1. The van der Waals surface area contributed by atoms with Crippen LogP contribution in [0.3, 0.4) is 0 Å². The van der Waals surface area contributed by atoms with Crippen LogP contribution in [0.4, 0.5) is 4.39 Å². The summed E-state index contributed by atoms with van der Waals surface area (Å²) < 4.78 is 24.1. The summed E-state index contributed by atoms with van der Waals surface area (Å²) in [7, 11) is 0. The predicted octanol–water partition coefficient (Wildman–Crippen LogP) is 4.73. The molecule has 0 saturated carbocycles. The van der Waals surface area contributed by atoms with Gasteiger partial charge >= 0.3 is 0 Å². The molecule has 1 atom stereocenters. The molecule has 28 heavy (non-hydrogen) atoms. The number of nitrogens with one attached hydrogen (secondary N) is 1. The molecule has 6 nitrogen and oxygen atoms in total. The van der Waals surface area contributed by atoms with E-state index in [4.69, 9.17) is 8.94 Å².